The van der Waals surface area contributed by atoms with Crippen LogP contribution in [0.4, 0.5) is 0 Å². The lowest BCUT2D eigenvalue weighted by atomic mass is 10.0. The van der Waals surface area contributed by atoms with Crippen molar-refractivity contribution in [2.75, 3.05) is 0 Å². The maximum absolute atomic E-state index is 3.61. The molecule has 0 aliphatic heterocycles. The van der Waals surface area contributed by atoms with Crippen molar-refractivity contribution in [2.24, 2.45) is 0 Å². The van der Waals surface area contributed by atoms with Crippen molar-refractivity contribution in [1.29, 1.82) is 0 Å². The van der Waals surface area contributed by atoms with E-state index in [2.05, 4.69) is 54.1 Å². The summed E-state index contributed by atoms with van der Waals surface area (Å²) in [6.07, 6.45) is 4.37. The van der Waals surface area contributed by atoms with Crippen LogP contribution >= 0.6 is 15.9 Å². The standard InChI is InChI=1S/C11H11Br/c1-7-5-9-3-4-11(12)10(9)6-8(7)2/h3-6,11H,1-2H3. The third-order valence-electron chi connectivity index (χ3n) is 2.44. The molecule has 0 amide bonds. The number of benzene rings is 1. The molecule has 62 valence electrons. The summed E-state index contributed by atoms with van der Waals surface area (Å²) in [4.78, 5) is 0.423. The molecular weight excluding hydrogens is 212 g/mol. The molecule has 1 aromatic carbocycles. The zero-order chi connectivity index (χ0) is 8.72. The van der Waals surface area contributed by atoms with Crippen molar-refractivity contribution in [2.45, 2.75) is 18.7 Å². The first-order valence-electron chi connectivity index (χ1n) is 4.12. The van der Waals surface area contributed by atoms with E-state index in [1.807, 2.05) is 0 Å². The Morgan fingerprint density at radius 1 is 1.17 bits per heavy atom. The van der Waals surface area contributed by atoms with Crippen LogP contribution in [0.15, 0.2) is 18.2 Å². The molecule has 1 atom stereocenters. The van der Waals surface area contributed by atoms with Crippen LogP contribution in [0.5, 0.6) is 0 Å². The molecule has 1 heteroatoms. The molecule has 0 fully saturated rings. The van der Waals surface area contributed by atoms with Gasteiger partial charge in [0.15, 0.2) is 0 Å². The molecule has 0 spiro atoms. The molecule has 0 heterocycles. The third-order valence-corrected chi connectivity index (χ3v) is 3.24. The van der Waals surface area contributed by atoms with Gasteiger partial charge in [-0.25, -0.2) is 0 Å². The SMILES string of the molecule is Cc1cc2c(cc1C)C(Br)C=C2. The Balaban J connectivity index is 2.62. The minimum absolute atomic E-state index is 0.423. The van der Waals surface area contributed by atoms with Gasteiger partial charge in [0, 0.05) is 0 Å². The number of alkyl halides is 1. The smallest absolute Gasteiger partial charge is 0.0584 e. The fourth-order valence-corrected chi connectivity index (χ4v) is 2.08. The minimum Gasteiger partial charge on any atom is -0.0793 e. The summed E-state index contributed by atoms with van der Waals surface area (Å²) < 4.78 is 0. The topological polar surface area (TPSA) is 0 Å². The highest BCUT2D eigenvalue weighted by Crippen LogP contribution is 2.35. The van der Waals surface area contributed by atoms with Crippen LogP contribution in [0, 0.1) is 13.8 Å². The predicted octanol–water partition coefficient (Wildman–Crippen LogP) is 3.77. The number of aryl methyl sites for hydroxylation is 2. The first-order chi connectivity index (χ1) is 5.68. The quantitative estimate of drug-likeness (QED) is 0.587. The Bertz CT molecular complexity index is 350. The van der Waals surface area contributed by atoms with Gasteiger partial charge in [-0.2, -0.15) is 0 Å². The summed E-state index contributed by atoms with van der Waals surface area (Å²) in [5, 5.41) is 0. The molecule has 1 aromatic rings. The zero-order valence-electron chi connectivity index (χ0n) is 7.26. The molecule has 1 aliphatic carbocycles. The lowest BCUT2D eigenvalue weighted by molar-refractivity contribution is 1.23. The van der Waals surface area contributed by atoms with E-state index in [1.165, 1.54) is 22.3 Å². The van der Waals surface area contributed by atoms with E-state index in [9.17, 15) is 0 Å². The zero-order valence-corrected chi connectivity index (χ0v) is 8.85. The summed E-state index contributed by atoms with van der Waals surface area (Å²) in [5.41, 5.74) is 5.51. The molecule has 2 rings (SSSR count). The second-order valence-corrected chi connectivity index (χ2v) is 4.31. The van der Waals surface area contributed by atoms with Crippen molar-refractivity contribution in [3.63, 3.8) is 0 Å². The highest BCUT2D eigenvalue weighted by atomic mass is 79.9. The van der Waals surface area contributed by atoms with Crippen molar-refractivity contribution in [3.8, 4) is 0 Å². The van der Waals surface area contributed by atoms with E-state index in [4.69, 9.17) is 0 Å². The van der Waals surface area contributed by atoms with Crippen molar-refractivity contribution >= 4 is 22.0 Å². The molecule has 1 unspecified atom stereocenters. The molecule has 1 aliphatic rings. The van der Waals surface area contributed by atoms with Crippen LogP contribution in [0.2, 0.25) is 0 Å². The number of halogens is 1. The van der Waals surface area contributed by atoms with Gasteiger partial charge in [0.05, 0.1) is 4.83 Å². The highest BCUT2D eigenvalue weighted by Gasteiger charge is 2.14. The summed E-state index contributed by atoms with van der Waals surface area (Å²) in [7, 11) is 0. The molecule has 0 aromatic heterocycles. The lowest BCUT2D eigenvalue weighted by Crippen LogP contribution is -1.88. The molecule has 0 saturated heterocycles. The lowest BCUT2D eigenvalue weighted by Gasteiger charge is -2.07. The van der Waals surface area contributed by atoms with Gasteiger partial charge < -0.3 is 0 Å². The minimum atomic E-state index is 0.423. The highest BCUT2D eigenvalue weighted by molar-refractivity contribution is 9.09. The van der Waals surface area contributed by atoms with Crippen LogP contribution < -0.4 is 0 Å². The second kappa shape index (κ2) is 2.74. The van der Waals surface area contributed by atoms with Gasteiger partial charge in [-0.15, -0.1) is 0 Å². The predicted molar refractivity (Wildman–Crippen MR) is 56.6 cm³/mol. The maximum atomic E-state index is 3.61. The van der Waals surface area contributed by atoms with Gasteiger partial charge >= 0.3 is 0 Å². The largest absolute Gasteiger partial charge is 0.0793 e. The average molecular weight is 223 g/mol. The molecule has 0 nitrogen and oxygen atoms in total. The number of fused-ring (bicyclic) bond motifs is 1. The average Bonchev–Trinajstić information content (AvgIpc) is 2.35. The first kappa shape index (κ1) is 8.06. The molecule has 12 heavy (non-hydrogen) atoms. The van der Waals surface area contributed by atoms with Crippen LogP contribution in [-0.2, 0) is 0 Å². The fourth-order valence-electron chi connectivity index (χ4n) is 1.54. The van der Waals surface area contributed by atoms with Gasteiger partial charge in [0.25, 0.3) is 0 Å². The normalized spacial score (nSPS) is 19.8. The van der Waals surface area contributed by atoms with E-state index >= 15 is 0 Å². The van der Waals surface area contributed by atoms with Crippen molar-refractivity contribution in [3.05, 3.63) is 40.5 Å². The van der Waals surface area contributed by atoms with Gasteiger partial charge in [-0.3, -0.25) is 0 Å². The van der Waals surface area contributed by atoms with Gasteiger partial charge in [-0.05, 0) is 36.1 Å². The molecule has 0 N–H and O–H groups in total. The number of rotatable bonds is 0. The number of hydrogen-bond donors (Lipinski definition) is 0. The van der Waals surface area contributed by atoms with Crippen molar-refractivity contribution in [1.82, 2.24) is 0 Å². The van der Waals surface area contributed by atoms with E-state index in [-0.39, 0.29) is 0 Å². The van der Waals surface area contributed by atoms with Crippen molar-refractivity contribution < 1.29 is 0 Å². The summed E-state index contributed by atoms with van der Waals surface area (Å²) in [6.45, 7) is 4.32. The van der Waals surface area contributed by atoms with Crippen LogP contribution in [-0.4, -0.2) is 0 Å². The molecule has 0 saturated carbocycles. The number of allylic oxidation sites excluding steroid dienone is 1. The summed E-state index contributed by atoms with van der Waals surface area (Å²) >= 11 is 3.61. The molecular formula is C11H11Br. The Morgan fingerprint density at radius 3 is 2.58 bits per heavy atom. The van der Waals surface area contributed by atoms with Crippen LogP contribution in [0.1, 0.15) is 27.1 Å². The van der Waals surface area contributed by atoms with Crippen LogP contribution in [0.25, 0.3) is 6.08 Å². The first-order valence-corrected chi connectivity index (χ1v) is 5.03. The Morgan fingerprint density at radius 2 is 1.83 bits per heavy atom. The Labute approximate surface area is 81.4 Å². The monoisotopic (exact) mass is 222 g/mol. The maximum Gasteiger partial charge on any atom is 0.0584 e. The van der Waals surface area contributed by atoms with E-state index in [0.29, 0.717) is 4.83 Å². The van der Waals surface area contributed by atoms with Gasteiger partial charge in [-0.1, -0.05) is 40.2 Å². The van der Waals surface area contributed by atoms with Gasteiger partial charge in [0.2, 0.25) is 0 Å². The molecule has 0 radical (unpaired) electrons. The summed E-state index contributed by atoms with van der Waals surface area (Å²) in [6, 6.07) is 4.52. The van der Waals surface area contributed by atoms with Crippen LogP contribution in [0.3, 0.4) is 0 Å². The second-order valence-electron chi connectivity index (χ2n) is 3.33. The Hall–Kier alpha value is -0.560. The number of hydrogen-bond acceptors (Lipinski definition) is 0. The van der Waals surface area contributed by atoms with Gasteiger partial charge in [0.1, 0.15) is 0 Å². The fraction of sp³-hybridized carbons (Fsp3) is 0.273. The Kier molecular flexibility index (Phi) is 1.84. The summed E-state index contributed by atoms with van der Waals surface area (Å²) in [5.74, 6) is 0. The van der Waals surface area contributed by atoms with E-state index in [0.717, 1.165) is 0 Å². The third kappa shape index (κ3) is 1.13. The molecule has 0 bridgehead atoms. The van der Waals surface area contributed by atoms with E-state index < -0.39 is 0 Å². The van der Waals surface area contributed by atoms with E-state index in [1.54, 1.807) is 0 Å².